The molecule has 120 valence electrons. The summed E-state index contributed by atoms with van der Waals surface area (Å²) < 4.78 is 18.5. The zero-order valence-electron chi connectivity index (χ0n) is 12.1. The van der Waals surface area contributed by atoms with Crippen LogP contribution in [0, 0.1) is 18.2 Å². The van der Waals surface area contributed by atoms with Gasteiger partial charge in [-0.3, -0.25) is 0 Å². The van der Waals surface area contributed by atoms with Crippen molar-refractivity contribution >= 4 is 23.1 Å². The number of nitrogens with one attached hydrogen (secondary N) is 2. The van der Waals surface area contributed by atoms with E-state index in [-0.39, 0.29) is 24.6 Å². The van der Waals surface area contributed by atoms with E-state index in [1.807, 2.05) is 11.4 Å². The Morgan fingerprint density at radius 2 is 2.30 bits per heavy atom. The number of hydrogen-bond donors (Lipinski definition) is 3. The number of urea groups is 1. The van der Waals surface area contributed by atoms with Crippen LogP contribution in [0.15, 0.2) is 35.7 Å². The van der Waals surface area contributed by atoms with Crippen LogP contribution < -0.4 is 15.4 Å². The van der Waals surface area contributed by atoms with E-state index in [1.165, 1.54) is 23.5 Å². The van der Waals surface area contributed by atoms with Gasteiger partial charge in [-0.1, -0.05) is 12.0 Å². The number of aliphatic hydroxyl groups is 1. The number of anilines is 1. The molecule has 23 heavy (non-hydrogen) atoms. The van der Waals surface area contributed by atoms with Gasteiger partial charge in [0.25, 0.3) is 0 Å². The van der Waals surface area contributed by atoms with Crippen molar-refractivity contribution in [1.82, 2.24) is 5.32 Å². The van der Waals surface area contributed by atoms with Crippen molar-refractivity contribution in [3.8, 4) is 18.1 Å². The zero-order chi connectivity index (χ0) is 16.7. The van der Waals surface area contributed by atoms with E-state index in [0.717, 1.165) is 10.9 Å². The number of halogens is 1. The molecule has 1 aromatic carbocycles. The molecule has 0 fully saturated rings. The molecule has 2 rings (SSSR count). The number of amides is 2. The second kappa shape index (κ2) is 8.17. The standard InChI is InChI=1S/C16H15FN2O3S/c1-2-7-22-14-6-5-11(17)9-12(14)19-16(21)18-10-13(20)15-4-3-8-23-15/h1,3-6,8-9,13,20H,7,10H2,(H2,18,19,21)/t13-/m0/s1. The van der Waals surface area contributed by atoms with Crippen molar-refractivity contribution in [3.05, 3.63) is 46.4 Å². The van der Waals surface area contributed by atoms with Crippen LogP contribution in [0.1, 0.15) is 11.0 Å². The van der Waals surface area contributed by atoms with E-state index in [1.54, 1.807) is 6.07 Å². The van der Waals surface area contributed by atoms with Crippen molar-refractivity contribution in [2.75, 3.05) is 18.5 Å². The van der Waals surface area contributed by atoms with E-state index in [2.05, 4.69) is 16.6 Å². The summed E-state index contributed by atoms with van der Waals surface area (Å²) in [7, 11) is 0. The number of hydrogen-bond acceptors (Lipinski definition) is 4. The van der Waals surface area contributed by atoms with Crippen molar-refractivity contribution in [1.29, 1.82) is 0 Å². The van der Waals surface area contributed by atoms with E-state index < -0.39 is 18.0 Å². The van der Waals surface area contributed by atoms with Crippen LogP contribution in [0.2, 0.25) is 0 Å². The predicted octanol–water partition coefficient (Wildman–Crippen LogP) is 2.75. The molecule has 0 unspecified atom stereocenters. The highest BCUT2D eigenvalue weighted by Gasteiger charge is 2.12. The molecule has 1 aromatic heterocycles. The van der Waals surface area contributed by atoms with Gasteiger partial charge in [-0.05, 0) is 23.6 Å². The fraction of sp³-hybridized carbons (Fsp3) is 0.188. The minimum absolute atomic E-state index is 0.000969. The third-order valence-corrected chi connectivity index (χ3v) is 3.80. The van der Waals surface area contributed by atoms with Crippen molar-refractivity contribution in [2.45, 2.75) is 6.10 Å². The highest BCUT2D eigenvalue weighted by atomic mass is 32.1. The van der Waals surface area contributed by atoms with Gasteiger partial charge in [0.15, 0.2) is 0 Å². The number of thiophene rings is 1. The molecule has 0 aliphatic rings. The lowest BCUT2D eigenvalue weighted by molar-refractivity contribution is 0.178. The molecule has 0 saturated carbocycles. The van der Waals surface area contributed by atoms with Crippen LogP contribution in [0.25, 0.3) is 0 Å². The average molecular weight is 334 g/mol. The third-order valence-electron chi connectivity index (χ3n) is 2.83. The lowest BCUT2D eigenvalue weighted by Crippen LogP contribution is -2.32. The molecule has 2 aromatic rings. The molecule has 0 bridgehead atoms. The molecular formula is C16H15FN2O3S. The molecule has 1 atom stereocenters. The maximum absolute atomic E-state index is 13.3. The second-order valence-corrected chi connectivity index (χ2v) is 5.48. The Morgan fingerprint density at radius 3 is 3.00 bits per heavy atom. The Morgan fingerprint density at radius 1 is 1.48 bits per heavy atom. The molecule has 0 aliphatic heterocycles. The monoisotopic (exact) mass is 334 g/mol. The molecule has 0 radical (unpaired) electrons. The fourth-order valence-electron chi connectivity index (χ4n) is 1.78. The van der Waals surface area contributed by atoms with Crippen LogP contribution in [0.4, 0.5) is 14.9 Å². The first-order valence-corrected chi connectivity index (χ1v) is 7.60. The third kappa shape index (κ3) is 4.98. The minimum Gasteiger partial charge on any atom is -0.479 e. The second-order valence-electron chi connectivity index (χ2n) is 4.50. The average Bonchev–Trinajstić information content (AvgIpc) is 3.06. The number of benzene rings is 1. The van der Waals surface area contributed by atoms with Gasteiger partial charge in [-0.25, -0.2) is 9.18 Å². The van der Waals surface area contributed by atoms with Crippen molar-refractivity contribution in [3.63, 3.8) is 0 Å². The van der Waals surface area contributed by atoms with Crippen LogP contribution >= 0.6 is 11.3 Å². The molecular weight excluding hydrogens is 319 g/mol. The molecule has 0 spiro atoms. The van der Waals surface area contributed by atoms with Gasteiger partial charge in [-0.15, -0.1) is 17.8 Å². The molecule has 0 saturated heterocycles. The number of carbonyl (C=O) groups excluding carboxylic acids is 1. The number of terminal acetylenes is 1. The molecule has 7 heteroatoms. The van der Waals surface area contributed by atoms with Crippen LogP contribution in [0.5, 0.6) is 5.75 Å². The van der Waals surface area contributed by atoms with E-state index in [9.17, 15) is 14.3 Å². The van der Waals surface area contributed by atoms with Gasteiger partial charge in [0.2, 0.25) is 0 Å². The molecule has 1 heterocycles. The first-order chi connectivity index (χ1) is 11.1. The Balaban J connectivity index is 1.94. The number of aliphatic hydroxyl groups excluding tert-OH is 1. The molecule has 0 aliphatic carbocycles. The van der Waals surface area contributed by atoms with E-state index in [0.29, 0.717) is 0 Å². The lowest BCUT2D eigenvalue weighted by atomic mass is 10.3. The smallest absolute Gasteiger partial charge is 0.319 e. The summed E-state index contributed by atoms with van der Waals surface area (Å²) >= 11 is 1.39. The van der Waals surface area contributed by atoms with Gasteiger partial charge in [-0.2, -0.15) is 0 Å². The number of carbonyl (C=O) groups is 1. The minimum atomic E-state index is -0.801. The predicted molar refractivity (Wildman–Crippen MR) is 87.0 cm³/mol. The maximum atomic E-state index is 13.3. The van der Waals surface area contributed by atoms with Crippen molar-refractivity contribution in [2.24, 2.45) is 0 Å². The van der Waals surface area contributed by atoms with Crippen molar-refractivity contribution < 1.29 is 19.0 Å². The lowest BCUT2D eigenvalue weighted by Gasteiger charge is -2.13. The summed E-state index contributed by atoms with van der Waals surface area (Å²) in [5, 5.41) is 16.7. The number of rotatable bonds is 6. The van der Waals surface area contributed by atoms with Gasteiger partial charge in [0.1, 0.15) is 24.3 Å². The fourth-order valence-corrected chi connectivity index (χ4v) is 2.49. The van der Waals surface area contributed by atoms with Gasteiger partial charge in [0, 0.05) is 10.9 Å². The van der Waals surface area contributed by atoms with Gasteiger partial charge >= 0.3 is 6.03 Å². The first kappa shape index (κ1) is 16.8. The molecule has 5 nitrogen and oxygen atoms in total. The summed E-state index contributed by atoms with van der Waals surface area (Å²) in [6.07, 6.45) is 4.31. The highest BCUT2D eigenvalue weighted by Crippen LogP contribution is 2.25. The molecule has 2 amide bonds. The summed E-state index contributed by atoms with van der Waals surface area (Å²) in [6.45, 7) is 0.0290. The summed E-state index contributed by atoms with van der Waals surface area (Å²) in [6, 6.07) is 6.70. The van der Waals surface area contributed by atoms with E-state index in [4.69, 9.17) is 11.2 Å². The maximum Gasteiger partial charge on any atom is 0.319 e. The summed E-state index contributed by atoms with van der Waals surface area (Å²) in [5.74, 6) is 2.03. The normalized spacial score (nSPS) is 11.3. The van der Waals surface area contributed by atoms with E-state index >= 15 is 0 Å². The Labute approximate surface area is 137 Å². The SMILES string of the molecule is C#CCOc1ccc(F)cc1NC(=O)NC[C@H](O)c1cccs1. The van der Waals surface area contributed by atoms with Crippen LogP contribution in [-0.2, 0) is 0 Å². The topological polar surface area (TPSA) is 70.6 Å². The Hall–Kier alpha value is -2.56. The summed E-state index contributed by atoms with van der Waals surface area (Å²) in [4.78, 5) is 12.6. The Bertz CT molecular complexity index is 698. The molecule has 3 N–H and O–H groups in total. The first-order valence-electron chi connectivity index (χ1n) is 6.72. The van der Waals surface area contributed by atoms with Crippen LogP contribution in [0.3, 0.4) is 0 Å². The van der Waals surface area contributed by atoms with Crippen LogP contribution in [-0.4, -0.2) is 24.3 Å². The largest absolute Gasteiger partial charge is 0.479 e. The number of ether oxygens (including phenoxy) is 1. The summed E-state index contributed by atoms with van der Waals surface area (Å²) in [5.41, 5.74) is 0.156. The quantitative estimate of drug-likeness (QED) is 0.712. The van der Waals surface area contributed by atoms with Gasteiger partial charge in [0.05, 0.1) is 12.2 Å². The highest BCUT2D eigenvalue weighted by molar-refractivity contribution is 7.10. The van der Waals surface area contributed by atoms with Gasteiger partial charge < -0.3 is 20.5 Å². The zero-order valence-corrected chi connectivity index (χ0v) is 12.9. The Kier molecular flexibility index (Phi) is 5.97.